The largest absolute Gasteiger partial charge is 0.504 e. The molecule has 0 aliphatic carbocycles. The molecule has 0 aliphatic rings. The van der Waals surface area contributed by atoms with E-state index in [2.05, 4.69) is 6.58 Å². The molecule has 2 N–H and O–H groups in total. The molecule has 1 rings (SSSR count). The molecule has 4 nitrogen and oxygen atoms in total. The number of ether oxygens (including phenoxy) is 1. The van der Waals surface area contributed by atoms with Crippen LogP contribution in [0.5, 0.6) is 11.5 Å². The van der Waals surface area contributed by atoms with Gasteiger partial charge >= 0.3 is 5.97 Å². The fraction of sp³-hybridized carbons (Fsp3) is 0.182. The normalized spacial score (nSPS) is 9.67. The van der Waals surface area contributed by atoms with Crippen LogP contribution in [-0.4, -0.2) is 16.2 Å². The molecule has 0 aliphatic heterocycles. The van der Waals surface area contributed by atoms with E-state index >= 15 is 0 Å². The van der Waals surface area contributed by atoms with E-state index in [1.165, 1.54) is 12.1 Å². The lowest BCUT2D eigenvalue weighted by Crippen LogP contribution is -2.04. The zero-order valence-electron chi connectivity index (χ0n) is 8.36. The Morgan fingerprint density at radius 3 is 2.60 bits per heavy atom. The average molecular weight is 208 g/mol. The van der Waals surface area contributed by atoms with Crippen LogP contribution >= 0.6 is 0 Å². The van der Waals surface area contributed by atoms with Gasteiger partial charge in [-0.2, -0.15) is 0 Å². The van der Waals surface area contributed by atoms with Gasteiger partial charge in [0.15, 0.2) is 11.5 Å². The van der Waals surface area contributed by atoms with Crippen molar-refractivity contribution in [3.63, 3.8) is 0 Å². The minimum Gasteiger partial charge on any atom is -0.504 e. The molecule has 0 bridgehead atoms. The van der Waals surface area contributed by atoms with Crippen LogP contribution < -0.4 is 0 Å². The van der Waals surface area contributed by atoms with Crippen LogP contribution in [0.15, 0.2) is 30.4 Å². The monoisotopic (exact) mass is 208 g/mol. The summed E-state index contributed by atoms with van der Waals surface area (Å²) in [5, 5.41) is 18.2. The maximum atomic E-state index is 11.0. The lowest BCUT2D eigenvalue weighted by atomic mass is 10.2. The Balaban J connectivity index is 2.62. The molecule has 0 heterocycles. The van der Waals surface area contributed by atoms with Gasteiger partial charge in [0.2, 0.25) is 0 Å². The van der Waals surface area contributed by atoms with Crippen molar-refractivity contribution >= 4 is 5.97 Å². The number of phenolic OH excluding ortho intramolecular Hbond substituents is 2. The predicted octanol–water partition coefficient (Wildman–Crippen LogP) is 1.72. The van der Waals surface area contributed by atoms with Gasteiger partial charge in [-0.1, -0.05) is 12.6 Å². The number of hydrogen-bond donors (Lipinski definition) is 2. The minimum atomic E-state index is -0.484. The van der Waals surface area contributed by atoms with Crippen LogP contribution in [0.2, 0.25) is 0 Å². The highest BCUT2D eigenvalue weighted by molar-refractivity contribution is 5.86. The lowest BCUT2D eigenvalue weighted by molar-refractivity contribution is -0.140. The summed E-state index contributed by atoms with van der Waals surface area (Å²) >= 11 is 0. The summed E-state index contributed by atoms with van der Waals surface area (Å²) in [4.78, 5) is 11.0. The minimum absolute atomic E-state index is 0.0412. The van der Waals surface area contributed by atoms with Crippen LogP contribution in [0.25, 0.3) is 0 Å². The second-order valence-electron chi connectivity index (χ2n) is 3.18. The molecule has 0 atom stereocenters. The van der Waals surface area contributed by atoms with E-state index in [1.54, 1.807) is 13.0 Å². The smallest absolute Gasteiger partial charge is 0.333 e. The summed E-state index contributed by atoms with van der Waals surface area (Å²) in [5.74, 6) is -0.925. The summed E-state index contributed by atoms with van der Waals surface area (Å²) in [7, 11) is 0. The van der Waals surface area contributed by atoms with Gasteiger partial charge in [0.1, 0.15) is 6.61 Å². The van der Waals surface area contributed by atoms with Crippen molar-refractivity contribution in [3.8, 4) is 11.5 Å². The van der Waals surface area contributed by atoms with E-state index in [4.69, 9.17) is 14.9 Å². The molecule has 0 saturated carbocycles. The number of hydrogen-bond acceptors (Lipinski definition) is 4. The molecule has 80 valence electrons. The summed E-state index contributed by atoms with van der Waals surface area (Å²) in [5.41, 5.74) is 0.915. The third-order valence-electron chi connectivity index (χ3n) is 1.76. The number of esters is 1. The molecule has 15 heavy (non-hydrogen) atoms. The molecule has 0 saturated heterocycles. The topological polar surface area (TPSA) is 66.8 Å². The van der Waals surface area contributed by atoms with Gasteiger partial charge in [-0.15, -0.1) is 0 Å². The van der Waals surface area contributed by atoms with Crippen molar-refractivity contribution in [2.75, 3.05) is 0 Å². The first kappa shape index (κ1) is 11.1. The standard InChI is InChI=1S/C11H12O4/c1-7(2)11(14)15-6-8-3-4-9(12)10(13)5-8/h3-5,12-13H,1,6H2,2H3. The molecule has 1 aromatic carbocycles. The fourth-order valence-corrected chi connectivity index (χ4v) is 0.931. The number of benzene rings is 1. The Hall–Kier alpha value is -1.97. The highest BCUT2D eigenvalue weighted by Gasteiger charge is 2.05. The number of aromatic hydroxyl groups is 2. The lowest BCUT2D eigenvalue weighted by Gasteiger charge is -2.05. The molecule has 0 spiro atoms. The summed E-state index contributed by atoms with van der Waals surface area (Å²) < 4.78 is 4.85. The van der Waals surface area contributed by atoms with Crippen molar-refractivity contribution in [2.24, 2.45) is 0 Å². The fourth-order valence-electron chi connectivity index (χ4n) is 0.931. The second-order valence-corrected chi connectivity index (χ2v) is 3.18. The third-order valence-corrected chi connectivity index (χ3v) is 1.76. The quantitative estimate of drug-likeness (QED) is 0.451. The van der Waals surface area contributed by atoms with Crippen LogP contribution in [0, 0.1) is 0 Å². The van der Waals surface area contributed by atoms with Crippen LogP contribution in [0.4, 0.5) is 0 Å². The zero-order valence-corrected chi connectivity index (χ0v) is 8.36. The van der Waals surface area contributed by atoms with E-state index in [0.717, 1.165) is 0 Å². The molecule has 0 unspecified atom stereocenters. The van der Waals surface area contributed by atoms with Crippen molar-refractivity contribution < 1.29 is 19.7 Å². The molecule has 0 amide bonds. The van der Waals surface area contributed by atoms with Gasteiger partial charge in [-0.05, 0) is 24.6 Å². The van der Waals surface area contributed by atoms with E-state index in [0.29, 0.717) is 11.1 Å². The van der Waals surface area contributed by atoms with Crippen LogP contribution in [-0.2, 0) is 16.1 Å². The Morgan fingerprint density at radius 2 is 2.07 bits per heavy atom. The van der Waals surface area contributed by atoms with E-state index in [-0.39, 0.29) is 18.1 Å². The first-order valence-corrected chi connectivity index (χ1v) is 4.34. The van der Waals surface area contributed by atoms with Crippen molar-refractivity contribution in [1.82, 2.24) is 0 Å². The maximum absolute atomic E-state index is 11.0. The van der Waals surface area contributed by atoms with Gasteiger partial charge in [-0.3, -0.25) is 0 Å². The van der Waals surface area contributed by atoms with Gasteiger partial charge in [0.25, 0.3) is 0 Å². The maximum Gasteiger partial charge on any atom is 0.333 e. The summed E-state index contributed by atoms with van der Waals surface area (Å²) in [6.45, 7) is 5.03. The number of carbonyl (C=O) groups is 1. The SMILES string of the molecule is C=C(C)C(=O)OCc1ccc(O)c(O)c1. The second kappa shape index (κ2) is 4.50. The molecule has 0 fully saturated rings. The summed E-state index contributed by atoms with van der Waals surface area (Å²) in [6, 6.07) is 4.22. The Bertz CT molecular complexity index is 396. The number of carbonyl (C=O) groups excluding carboxylic acids is 1. The van der Waals surface area contributed by atoms with E-state index < -0.39 is 5.97 Å². The molecule has 0 aromatic heterocycles. The van der Waals surface area contributed by atoms with Crippen molar-refractivity contribution in [2.45, 2.75) is 13.5 Å². The zero-order chi connectivity index (χ0) is 11.4. The third kappa shape index (κ3) is 3.02. The summed E-state index contributed by atoms with van der Waals surface area (Å²) in [6.07, 6.45) is 0. The Morgan fingerprint density at radius 1 is 1.40 bits per heavy atom. The molecule has 1 aromatic rings. The van der Waals surface area contributed by atoms with Gasteiger partial charge < -0.3 is 14.9 Å². The first-order chi connectivity index (χ1) is 7.00. The molecular formula is C11H12O4. The average Bonchev–Trinajstić information content (AvgIpc) is 2.19. The van der Waals surface area contributed by atoms with Gasteiger partial charge in [0.05, 0.1) is 0 Å². The predicted molar refractivity (Wildman–Crippen MR) is 54.4 cm³/mol. The highest BCUT2D eigenvalue weighted by Crippen LogP contribution is 2.25. The Kier molecular flexibility index (Phi) is 3.33. The van der Waals surface area contributed by atoms with Gasteiger partial charge in [-0.25, -0.2) is 4.79 Å². The Labute approximate surface area is 87.4 Å². The number of phenols is 2. The van der Waals surface area contributed by atoms with Gasteiger partial charge in [0, 0.05) is 5.57 Å². The molecule has 0 radical (unpaired) electrons. The number of rotatable bonds is 3. The van der Waals surface area contributed by atoms with Crippen molar-refractivity contribution in [3.05, 3.63) is 35.9 Å². The molecule has 4 heteroatoms. The molecular weight excluding hydrogens is 196 g/mol. The van der Waals surface area contributed by atoms with Crippen molar-refractivity contribution in [1.29, 1.82) is 0 Å². The van der Waals surface area contributed by atoms with E-state index in [1.807, 2.05) is 0 Å². The van der Waals surface area contributed by atoms with Crippen LogP contribution in [0.3, 0.4) is 0 Å². The highest BCUT2D eigenvalue weighted by atomic mass is 16.5. The van der Waals surface area contributed by atoms with E-state index in [9.17, 15) is 4.79 Å². The first-order valence-electron chi connectivity index (χ1n) is 4.34. The van der Waals surface area contributed by atoms with Crippen LogP contribution in [0.1, 0.15) is 12.5 Å².